The van der Waals surface area contributed by atoms with Crippen molar-refractivity contribution in [3.8, 4) is 0 Å². The fraction of sp³-hybridized carbons (Fsp3) is 0.939. The van der Waals surface area contributed by atoms with Gasteiger partial charge in [0.1, 0.15) is 0 Å². The van der Waals surface area contributed by atoms with Crippen molar-refractivity contribution in [3.63, 3.8) is 0 Å². The van der Waals surface area contributed by atoms with Crippen LogP contribution in [0.2, 0.25) is 0 Å². The lowest BCUT2D eigenvalue weighted by Crippen LogP contribution is -2.53. The molecule has 0 spiro atoms. The van der Waals surface area contributed by atoms with E-state index in [1.807, 2.05) is 7.05 Å². The number of likely N-dealkylation sites (N-methyl/N-ethyl adjacent to an activating group) is 1. The van der Waals surface area contributed by atoms with Crippen molar-refractivity contribution in [1.82, 2.24) is 5.32 Å². The zero-order chi connectivity index (χ0) is 26.9. The zero-order valence-electron chi connectivity index (χ0n) is 25.6. The van der Waals surface area contributed by atoms with Gasteiger partial charge in [-0.2, -0.15) is 0 Å². The Labute approximate surface area is 224 Å². The van der Waals surface area contributed by atoms with Crippen molar-refractivity contribution in [3.05, 3.63) is 11.6 Å². The molecule has 0 aromatic carbocycles. The van der Waals surface area contributed by atoms with E-state index in [0.29, 0.717) is 29.2 Å². The number of allylic oxidation sites excluding steroid dienone is 1. The van der Waals surface area contributed by atoms with Gasteiger partial charge in [0, 0.05) is 11.5 Å². The molecular formula is C33H61NO2. The highest BCUT2D eigenvalue weighted by molar-refractivity contribution is 5.28. The predicted molar refractivity (Wildman–Crippen MR) is 154 cm³/mol. The number of nitrogens with one attached hydrogen (secondary N) is 1. The minimum Gasteiger partial charge on any atom is -0.395 e. The number of fused-ring (bicyclic) bond motifs is 3. The van der Waals surface area contributed by atoms with Gasteiger partial charge in [0.15, 0.2) is 0 Å². The molecule has 0 aromatic rings. The Kier molecular flexibility index (Phi) is 9.88. The third-order valence-corrected chi connectivity index (χ3v) is 11.3. The number of rotatable bonds is 10. The number of aliphatic hydroxyl groups is 1. The van der Waals surface area contributed by atoms with E-state index in [-0.39, 0.29) is 23.5 Å². The van der Waals surface area contributed by atoms with Crippen LogP contribution in [0, 0.1) is 51.8 Å². The third-order valence-electron chi connectivity index (χ3n) is 11.3. The first kappa shape index (κ1) is 30.2. The Morgan fingerprint density at radius 1 is 1.14 bits per heavy atom. The molecule has 3 heteroatoms. The lowest BCUT2D eigenvalue weighted by atomic mass is 9.45. The first-order chi connectivity index (χ1) is 16.8. The van der Waals surface area contributed by atoms with Gasteiger partial charge in [-0.3, -0.25) is 0 Å². The Morgan fingerprint density at radius 2 is 1.83 bits per heavy atom. The molecule has 9 atom stereocenters. The summed E-state index contributed by atoms with van der Waals surface area (Å²) in [6.07, 6.45) is 13.2. The molecule has 3 aliphatic rings. The molecule has 2 fully saturated rings. The molecule has 0 amide bonds. The average molecular weight is 504 g/mol. The van der Waals surface area contributed by atoms with Gasteiger partial charge >= 0.3 is 0 Å². The summed E-state index contributed by atoms with van der Waals surface area (Å²) < 4.78 is 6.65. The first-order valence-corrected chi connectivity index (χ1v) is 15.4. The maximum absolute atomic E-state index is 11.0. The molecule has 2 N–H and O–H groups in total. The van der Waals surface area contributed by atoms with Crippen LogP contribution in [0.3, 0.4) is 0 Å². The van der Waals surface area contributed by atoms with Crippen LogP contribution in [0.25, 0.3) is 0 Å². The second-order valence-electron chi connectivity index (χ2n) is 15.0. The molecule has 9 unspecified atom stereocenters. The maximum atomic E-state index is 11.0. The minimum atomic E-state index is -0.131. The van der Waals surface area contributed by atoms with Crippen LogP contribution in [-0.4, -0.2) is 37.5 Å². The SMILES string of the molecule is CCC(OCC(NC)C(C)(C)C)C(C)C1CCC2C(=CCC3CC(CC(C)C)CCC32C)C1(C)CO. The van der Waals surface area contributed by atoms with Gasteiger partial charge in [0.05, 0.1) is 19.3 Å². The van der Waals surface area contributed by atoms with Gasteiger partial charge in [-0.1, -0.05) is 74.0 Å². The van der Waals surface area contributed by atoms with Gasteiger partial charge in [-0.25, -0.2) is 0 Å². The van der Waals surface area contributed by atoms with E-state index >= 15 is 0 Å². The van der Waals surface area contributed by atoms with Crippen molar-refractivity contribution >= 4 is 0 Å². The van der Waals surface area contributed by atoms with Crippen LogP contribution < -0.4 is 5.32 Å². The number of aliphatic hydroxyl groups excluding tert-OH is 1. The van der Waals surface area contributed by atoms with E-state index in [0.717, 1.165) is 30.8 Å². The Morgan fingerprint density at radius 3 is 2.39 bits per heavy atom. The molecule has 0 aliphatic heterocycles. The van der Waals surface area contributed by atoms with Crippen molar-refractivity contribution in [2.75, 3.05) is 20.3 Å². The van der Waals surface area contributed by atoms with Crippen LogP contribution in [-0.2, 0) is 4.74 Å². The van der Waals surface area contributed by atoms with Crippen LogP contribution >= 0.6 is 0 Å². The molecule has 3 nitrogen and oxygen atoms in total. The fourth-order valence-electron chi connectivity index (χ4n) is 8.91. The molecule has 0 bridgehead atoms. The summed E-state index contributed by atoms with van der Waals surface area (Å²) in [7, 11) is 2.05. The van der Waals surface area contributed by atoms with Gasteiger partial charge < -0.3 is 15.2 Å². The van der Waals surface area contributed by atoms with Crippen LogP contribution in [0.5, 0.6) is 0 Å². The van der Waals surface area contributed by atoms with Crippen molar-refractivity contribution < 1.29 is 9.84 Å². The number of hydrogen-bond donors (Lipinski definition) is 2. The molecule has 3 aliphatic carbocycles. The summed E-state index contributed by atoms with van der Waals surface area (Å²) >= 11 is 0. The van der Waals surface area contributed by atoms with E-state index in [4.69, 9.17) is 4.74 Å². The maximum Gasteiger partial charge on any atom is 0.0628 e. The van der Waals surface area contributed by atoms with E-state index in [1.165, 1.54) is 44.9 Å². The van der Waals surface area contributed by atoms with Gasteiger partial charge in [0.2, 0.25) is 0 Å². The van der Waals surface area contributed by atoms with Gasteiger partial charge in [0.25, 0.3) is 0 Å². The second-order valence-corrected chi connectivity index (χ2v) is 15.0. The van der Waals surface area contributed by atoms with Crippen molar-refractivity contribution in [1.29, 1.82) is 0 Å². The standard InChI is InChI=1S/C33H61NO2/c1-11-29(36-20-30(34-10)31(5,6)7)23(4)26-14-15-27-28(33(26,9)21-35)13-12-25-19-24(18-22(2)3)16-17-32(25,27)8/h13,22-27,29-30,34-35H,11-12,14-21H2,1-10H3. The fourth-order valence-corrected chi connectivity index (χ4v) is 8.91. The molecule has 0 radical (unpaired) electrons. The predicted octanol–water partition coefficient (Wildman–Crippen LogP) is 7.88. The second kappa shape index (κ2) is 11.8. The highest BCUT2D eigenvalue weighted by Crippen LogP contribution is 2.63. The average Bonchev–Trinajstić information content (AvgIpc) is 2.81. The first-order valence-electron chi connectivity index (χ1n) is 15.4. The lowest BCUT2D eigenvalue weighted by Gasteiger charge is -2.60. The van der Waals surface area contributed by atoms with Crippen LogP contribution in [0.4, 0.5) is 0 Å². The van der Waals surface area contributed by atoms with Crippen LogP contribution in [0.15, 0.2) is 11.6 Å². The lowest BCUT2D eigenvalue weighted by molar-refractivity contribution is -0.0778. The summed E-state index contributed by atoms with van der Waals surface area (Å²) in [4.78, 5) is 0. The Balaban J connectivity index is 1.78. The quantitative estimate of drug-likeness (QED) is 0.298. The molecule has 2 saturated carbocycles. The van der Waals surface area contributed by atoms with E-state index in [2.05, 4.69) is 73.7 Å². The van der Waals surface area contributed by atoms with Gasteiger partial charge in [-0.15, -0.1) is 0 Å². The summed E-state index contributed by atoms with van der Waals surface area (Å²) in [5.41, 5.74) is 2.05. The molecule has 36 heavy (non-hydrogen) atoms. The topological polar surface area (TPSA) is 41.5 Å². The summed E-state index contributed by atoms with van der Waals surface area (Å²) in [5.74, 6) is 4.09. The molecule has 0 aromatic heterocycles. The van der Waals surface area contributed by atoms with E-state index in [1.54, 1.807) is 5.57 Å². The normalized spacial score (nSPS) is 37.6. The molecule has 0 saturated heterocycles. The van der Waals surface area contributed by atoms with Crippen molar-refractivity contribution in [2.45, 2.75) is 126 Å². The van der Waals surface area contributed by atoms with E-state index in [9.17, 15) is 5.11 Å². The molecule has 0 heterocycles. The highest BCUT2D eigenvalue weighted by atomic mass is 16.5. The van der Waals surface area contributed by atoms with E-state index < -0.39 is 0 Å². The third kappa shape index (κ3) is 5.94. The number of ether oxygens (including phenoxy) is 1. The largest absolute Gasteiger partial charge is 0.395 e. The van der Waals surface area contributed by atoms with Gasteiger partial charge in [-0.05, 0) is 105 Å². The molecule has 210 valence electrons. The molecule has 3 rings (SSSR count). The summed E-state index contributed by atoms with van der Waals surface area (Å²) in [6.45, 7) is 22.3. The smallest absolute Gasteiger partial charge is 0.0628 e. The Bertz CT molecular complexity index is 738. The van der Waals surface area contributed by atoms with Crippen molar-refractivity contribution in [2.24, 2.45) is 51.8 Å². The minimum absolute atomic E-state index is 0.131. The number of hydrogen-bond acceptors (Lipinski definition) is 3. The monoisotopic (exact) mass is 503 g/mol. The van der Waals surface area contributed by atoms with Crippen LogP contribution in [0.1, 0.15) is 114 Å². The molecular weight excluding hydrogens is 442 g/mol. The highest BCUT2D eigenvalue weighted by Gasteiger charge is 2.56. The summed E-state index contributed by atoms with van der Waals surface area (Å²) in [5, 5.41) is 14.4. The zero-order valence-corrected chi connectivity index (χ0v) is 25.6. The Hall–Kier alpha value is -0.380. The summed E-state index contributed by atoms with van der Waals surface area (Å²) in [6, 6.07) is 0.336.